The number of carbonyl (C=O) groups excluding carboxylic acids is 2. The normalized spacial score (nSPS) is 12.6. The lowest BCUT2D eigenvalue weighted by Crippen LogP contribution is -2.51. The number of rotatable bonds is 8. The number of ether oxygens (including phenoxy) is 1. The minimum absolute atomic E-state index is 0.140. The third-order valence-corrected chi connectivity index (χ3v) is 3.10. The molecule has 0 radical (unpaired) electrons. The lowest BCUT2D eigenvalue weighted by Gasteiger charge is -2.27. The summed E-state index contributed by atoms with van der Waals surface area (Å²) in [5.74, 6) is -1.62. The van der Waals surface area contributed by atoms with Gasteiger partial charge in [-0.25, -0.2) is 9.18 Å². The molecule has 1 rings (SSSR count). The highest BCUT2D eigenvalue weighted by molar-refractivity contribution is 5.89. The first-order valence-corrected chi connectivity index (χ1v) is 7.30. The molecular formula is C16H23FN2O4. The SMILES string of the molecule is CC(=O)NCC(C)(C)NCC(O)COC(=O)c1ccccc1F. The number of hydrogen-bond donors (Lipinski definition) is 3. The van der Waals surface area contributed by atoms with E-state index in [1.165, 1.54) is 31.2 Å². The molecule has 0 bridgehead atoms. The maximum atomic E-state index is 13.4. The van der Waals surface area contributed by atoms with Crippen molar-refractivity contribution in [1.82, 2.24) is 10.6 Å². The second-order valence-corrected chi connectivity index (χ2v) is 5.91. The Morgan fingerprint density at radius 1 is 1.35 bits per heavy atom. The van der Waals surface area contributed by atoms with Crippen LogP contribution < -0.4 is 10.6 Å². The Bertz CT molecular complexity index is 549. The van der Waals surface area contributed by atoms with E-state index in [9.17, 15) is 19.1 Å². The smallest absolute Gasteiger partial charge is 0.341 e. The van der Waals surface area contributed by atoms with Crippen molar-refractivity contribution in [3.05, 3.63) is 35.6 Å². The van der Waals surface area contributed by atoms with E-state index < -0.39 is 23.4 Å². The van der Waals surface area contributed by atoms with Gasteiger partial charge in [-0.05, 0) is 26.0 Å². The number of aliphatic hydroxyl groups is 1. The summed E-state index contributed by atoms with van der Waals surface area (Å²) in [6, 6.07) is 5.49. The third-order valence-electron chi connectivity index (χ3n) is 3.10. The molecular weight excluding hydrogens is 303 g/mol. The highest BCUT2D eigenvalue weighted by Crippen LogP contribution is 2.08. The van der Waals surface area contributed by atoms with Crippen molar-refractivity contribution in [3.63, 3.8) is 0 Å². The maximum absolute atomic E-state index is 13.4. The van der Waals surface area contributed by atoms with Crippen molar-refractivity contribution in [2.24, 2.45) is 0 Å². The van der Waals surface area contributed by atoms with Crippen molar-refractivity contribution in [3.8, 4) is 0 Å². The zero-order valence-corrected chi connectivity index (χ0v) is 13.6. The van der Waals surface area contributed by atoms with Gasteiger partial charge in [0.1, 0.15) is 18.5 Å². The minimum Gasteiger partial charge on any atom is -0.459 e. The second-order valence-electron chi connectivity index (χ2n) is 5.91. The molecule has 23 heavy (non-hydrogen) atoms. The molecule has 0 aliphatic heterocycles. The average molecular weight is 326 g/mol. The predicted molar refractivity (Wildman–Crippen MR) is 83.5 cm³/mol. The monoisotopic (exact) mass is 326 g/mol. The first-order chi connectivity index (χ1) is 10.7. The number of benzene rings is 1. The summed E-state index contributed by atoms with van der Waals surface area (Å²) in [4.78, 5) is 22.6. The van der Waals surface area contributed by atoms with Gasteiger partial charge in [-0.1, -0.05) is 12.1 Å². The largest absolute Gasteiger partial charge is 0.459 e. The number of halogens is 1. The molecule has 0 spiro atoms. The topological polar surface area (TPSA) is 87.7 Å². The van der Waals surface area contributed by atoms with Crippen LogP contribution in [0.3, 0.4) is 0 Å². The van der Waals surface area contributed by atoms with Crippen LogP contribution in [-0.4, -0.2) is 48.3 Å². The lowest BCUT2D eigenvalue weighted by atomic mass is 10.1. The van der Waals surface area contributed by atoms with Crippen LogP contribution in [0.15, 0.2) is 24.3 Å². The van der Waals surface area contributed by atoms with Crippen molar-refractivity contribution >= 4 is 11.9 Å². The molecule has 0 aromatic heterocycles. The zero-order chi connectivity index (χ0) is 17.5. The first-order valence-electron chi connectivity index (χ1n) is 7.30. The molecule has 1 aromatic rings. The van der Waals surface area contributed by atoms with E-state index in [1.54, 1.807) is 0 Å². The van der Waals surface area contributed by atoms with E-state index in [-0.39, 0.29) is 24.6 Å². The van der Waals surface area contributed by atoms with Gasteiger partial charge in [-0.3, -0.25) is 4.79 Å². The molecule has 3 N–H and O–H groups in total. The van der Waals surface area contributed by atoms with Crippen LogP contribution in [0.4, 0.5) is 4.39 Å². The number of nitrogens with one attached hydrogen (secondary N) is 2. The summed E-state index contributed by atoms with van der Waals surface area (Å²) in [5, 5.41) is 15.6. The molecule has 1 aromatic carbocycles. The van der Waals surface area contributed by atoms with Crippen molar-refractivity contribution in [1.29, 1.82) is 0 Å². The van der Waals surface area contributed by atoms with Gasteiger partial charge in [0.15, 0.2) is 0 Å². The van der Waals surface area contributed by atoms with Crippen molar-refractivity contribution in [2.75, 3.05) is 19.7 Å². The van der Waals surface area contributed by atoms with E-state index in [4.69, 9.17) is 4.74 Å². The summed E-state index contributed by atoms with van der Waals surface area (Å²) >= 11 is 0. The highest BCUT2D eigenvalue weighted by Gasteiger charge is 2.20. The molecule has 1 atom stereocenters. The third kappa shape index (κ3) is 7.21. The Morgan fingerprint density at radius 2 is 2.00 bits per heavy atom. The van der Waals surface area contributed by atoms with Crippen LogP contribution in [0, 0.1) is 5.82 Å². The molecule has 0 aliphatic rings. The van der Waals surface area contributed by atoms with Gasteiger partial charge in [0.25, 0.3) is 0 Å². The fourth-order valence-electron chi connectivity index (χ4n) is 1.74. The van der Waals surface area contributed by atoms with Crippen molar-refractivity contribution in [2.45, 2.75) is 32.4 Å². The van der Waals surface area contributed by atoms with Crippen LogP contribution in [0.25, 0.3) is 0 Å². The van der Waals surface area contributed by atoms with Crippen LogP contribution >= 0.6 is 0 Å². The second kappa shape index (κ2) is 8.59. The van der Waals surface area contributed by atoms with E-state index in [1.807, 2.05) is 13.8 Å². The molecule has 0 fully saturated rings. The molecule has 0 heterocycles. The summed E-state index contributed by atoms with van der Waals surface area (Å²) in [6.07, 6.45) is -0.942. The number of β-amino-alcohol motifs (C(OH)–C–C–N with tert-alkyl or cyclic N) is 1. The van der Waals surface area contributed by atoms with Crippen LogP contribution in [0.5, 0.6) is 0 Å². The van der Waals surface area contributed by atoms with Crippen molar-refractivity contribution < 1.29 is 23.8 Å². The Hall–Kier alpha value is -1.99. The number of amides is 1. The van der Waals surface area contributed by atoms with E-state index in [0.29, 0.717) is 6.54 Å². The average Bonchev–Trinajstić information content (AvgIpc) is 2.49. The van der Waals surface area contributed by atoms with Crippen LogP contribution in [0.1, 0.15) is 31.1 Å². The minimum atomic E-state index is -0.942. The molecule has 7 heteroatoms. The Morgan fingerprint density at radius 3 is 2.61 bits per heavy atom. The predicted octanol–water partition coefficient (Wildman–Crippen LogP) is 0.848. The molecule has 6 nitrogen and oxygen atoms in total. The number of hydrogen-bond acceptors (Lipinski definition) is 5. The van der Waals surface area contributed by atoms with Gasteiger partial charge in [0, 0.05) is 25.6 Å². The van der Waals surface area contributed by atoms with Gasteiger partial charge < -0.3 is 20.5 Å². The summed E-state index contributed by atoms with van der Waals surface area (Å²) in [7, 11) is 0. The first kappa shape index (κ1) is 19.1. The van der Waals surface area contributed by atoms with Gasteiger partial charge in [-0.15, -0.1) is 0 Å². The summed E-state index contributed by atoms with van der Waals surface area (Å²) in [6.45, 7) is 5.45. The fraction of sp³-hybridized carbons (Fsp3) is 0.500. The van der Waals surface area contributed by atoms with Crippen LogP contribution in [-0.2, 0) is 9.53 Å². The van der Waals surface area contributed by atoms with E-state index in [2.05, 4.69) is 10.6 Å². The Labute approximate surface area is 135 Å². The highest BCUT2D eigenvalue weighted by atomic mass is 19.1. The Balaban J connectivity index is 2.37. The molecule has 1 unspecified atom stereocenters. The van der Waals surface area contributed by atoms with E-state index in [0.717, 1.165) is 0 Å². The van der Waals surface area contributed by atoms with Gasteiger partial charge in [0.05, 0.1) is 5.56 Å². The number of esters is 1. The fourth-order valence-corrected chi connectivity index (χ4v) is 1.74. The number of carbonyl (C=O) groups is 2. The molecule has 0 aliphatic carbocycles. The quantitative estimate of drug-likeness (QED) is 0.617. The van der Waals surface area contributed by atoms with Gasteiger partial charge in [0.2, 0.25) is 5.91 Å². The standard InChI is InChI=1S/C16H23FN2O4/c1-11(20)18-10-16(2,3)19-8-12(21)9-23-15(22)13-6-4-5-7-14(13)17/h4-7,12,19,21H,8-10H2,1-3H3,(H,18,20). The molecule has 128 valence electrons. The summed E-state index contributed by atoms with van der Waals surface area (Å²) < 4.78 is 18.3. The molecule has 0 saturated heterocycles. The summed E-state index contributed by atoms with van der Waals surface area (Å²) in [5.41, 5.74) is -0.596. The molecule has 1 amide bonds. The van der Waals surface area contributed by atoms with Gasteiger partial charge >= 0.3 is 5.97 Å². The van der Waals surface area contributed by atoms with E-state index >= 15 is 0 Å². The Kier molecular flexibility index (Phi) is 7.12. The maximum Gasteiger partial charge on any atom is 0.341 e. The number of aliphatic hydroxyl groups excluding tert-OH is 1. The molecule has 0 saturated carbocycles. The lowest BCUT2D eigenvalue weighted by molar-refractivity contribution is -0.119. The van der Waals surface area contributed by atoms with Crippen LogP contribution in [0.2, 0.25) is 0 Å². The van der Waals surface area contributed by atoms with Gasteiger partial charge in [-0.2, -0.15) is 0 Å². The zero-order valence-electron chi connectivity index (χ0n) is 13.6.